The number of halogens is 1. The number of benzene rings is 3. The minimum atomic E-state index is -0.878. The van der Waals surface area contributed by atoms with Crippen LogP contribution in [0.15, 0.2) is 55.1 Å². The van der Waals surface area contributed by atoms with E-state index >= 15 is 0 Å². The predicted molar refractivity (Wildman–Crippen MR) is 200 cm³/mol. The van der Waals surface area contributed by atoms with Crippen LogP contribution in [0.2, 0.25) is 0 Å². The van der Waals surface area contributed by atoms with Gasteiger partial charge in [0.2, 0.25) is 5.91 Å². The number of phenols is 1. The smallest absolute Gasteiger partial charge is 0.416 e. The molecule has 2 fully saturated rings. The number of alkyl halides is 1. The van der Waals surface area contributed by atoms with E-state index < -0.39 is 24.7 Å². The summed E-state index contributed by atoms with van der Waals surface area (Å²) < 4.78 is 30.1. The second-order valence-electron chi connectivity index (χ2n) is 13.8. The SMILES string of the molecule is C=CCOC(=O)N1c2cc(OCCCC(=O)N3C[C@@H](CCl)c4c3cc(O)c3ccccc43)c(OC)cc2C(=O)N2CCCC[C@H]2[C@@H]1OC1CCCCO1. The number of hydrogen-bond donors (Lipinski definition) is 1. The van der Waals surface area contributed by atoms with Gasteiger partial charge in [-0.05, 0) is 62.0 Å². The summed E-state index contributed by atoms with van der Waals surface area (Å²) in [5.41, 5.74) is 2.18. The van der Waals surface area contributed by atoms with Gasteiger partial charge in [0.1, 0.15) is 12.4 Å². The summed E-state index contributed by atoms with van der Waals surface area (Å²) in [5, 5.41) is 12.4. The minimum Gasteiger partial charge on any atom is -0.507 e. The molecule has 3 amide bonds. The van der Waals surface area contributed by atoms with E-state index in [4.69, 9.17) is 35.3 Å². The van der Waals surface area contributed by atoms with Crippen molar-refractivity contribution in [1.29, 1.82) is 0 Å². The van der Waals surface area contributed by atoms with Crippen molar-refractivity contribution in [3.8, 4) is 17.2 Å². The van der Waals surface area contributed by atoms with Crippen molar-refractivity contribution in [3.63, 3.8) is 0 Å². The molecule has 282 valence electrons. The van der Waals surface area contributed by atoms with Crippen molar-refractivity contribution < 1.29 is 43.2 Å². The molecule has 0 saturated carbocycles. The number of fused-ring (bicyclic) bond motifs is 5. The Morgan fingerprint density at radius 1 is 1.06 bits per heavy atom. The van der Waals surface area contributed by atoms with Gasteiger partial charge in [-0.3, -0.25) is 9.59 Å². The van der Waals surface area contributed by atoms with Crippen LogP contribution < -0.4 is 19.3 Å². The first-order chi connectivity index (χ1) is 25.8. The van der Waals surface area contributed by atoms with E-state index in [9.17, 15) is 19.5 Å². The number of phenolic OH excluding ortho intramolecular Hbond substituents is 1. The van der Waals surface area contributed by atoms with Crippen LogP contribution in [0.4, 0.5) is 16.2 Å². The van der Waals surface area contributed by atoms with Gasteiger partial charge in [-0.2, -0.15) is 0 Å². The maximum absolute atomic E-state index is 14.2. The Hall–Kier alpha value is -4.52. The molecule has 1 unspecified atom stereocenters. The molecule has 0 spiro atoms. The third kappa shape index (κ3) is 7.24. The molecular weight excluding hydrogens is 702 g/mol. The van der Waals surface area contributed by atoms with Gasteiger partial charge in [0.25, 0.3) is 5.91 Å². The van der Waals surface area contributed by atoms with Gasteiger partial charge in [-0.15, -0.1) is 11.6 Å². The molecule has 2 saturated heterocycles. The number of rotatable bonds is 11. The second kappa shape index (κ2) is 16.2. The van der Waals surface area contributed by atoms with Crippen LogP contribution in [-0.2, 0) is 19.0 Å². The average Bonchev–Trinajstić information content (AvgIpc) is 3.53. The number of amides is 3. The monoisotopic (exact) mass is 747 g/mol. The molecule has 3 aromatic rings. The van der Waals surface area contributed by atoms with Crippen molar-refractivity contribution in [2.45, 2.75) is 75.8 Å². The first-order valence-electron chi connectivity index (χ1n) is 18.4. The molecule has 4 aliphatic heterocycles. The number of methoxy groups -OCH3 is 1. The highest BCUT2D eigenvalue weighted by molar-refractivity contribution is 6.19. The highest BCUT2D eigenvalue weighted by Crippen LogP contribution is 2.46. The van der Waals surface area contributed by atoms with Crippen molar-refractivity contribution in [2.24, 2.45) is 0 Å². The van der Waals surface area contributed by atoms with Crippen LogP contribution >= 0.6 is 11.6 Å². The number of carbonyl (C=O) groups is 3. The molecule has 0 radical (unpaired) electrons. The van der Waals surface area contributed by atoms with E-state index in [2.05, 4.69) is 6.58 Å². The molecule has 12 nitrogen and oxygen atoms in total. The summed E-state index contributed by atoms with van der Waals surface area (Å²) in [6, 6.07) is 12.0. The first kappa shape index (κ1) is 36.8. The van der Waals surface area contributed by atoms with Crippen molar-refractivity contribution in [1.82, 2.24) is 4.90 Å². The number of ether oxygens (including phenoxy) is 5. The van der Waals surface area contributed by atoms with Crippen LogP contribution in [0.3, 0.4) is 0 Å². The quantitative estimate of drug-likeness (QED) is 0.124. The van der Waals surface area contributed by atoms with Crippen LogP contribution in [0.1, 0.15) is 73.2 Å². The average molecular weight is 748 g/mol. The molecule has 13 heteroatoms. The molecule has 3 aromatic carbocycles. The molecule has 4 aliphatic rings. The number of piperidine rings is 1. The first-order valence-corrected chi connectivity index (χ1v) is 19.0. The maximum atomic E-state index is 14.2. The lowest BCUT2D eigenvalue weighted by Crippen LogP contribution is -2.57. The van der Waals surface area contributed by atoms with E-state index in [0.29, 0.717) is 62.0 Å². The van der Waals surface area contributed by atoms with Crippen molar-refractivity contribution in [3.05, 3.63) is 66.2 Å². The largest absolute Gasteiger partial charge is 0.507 e. The molecule has 53 heavy (non-hydrogen) atoms. The third-order valence-corrected chi connectivity index (χ3v) is 10.9. The summed E-state index contributed by atoms with van der Waals surface area (Å²) in [6.45, 7) is 5.29. The standard InChI is InChI=1S/C40H46ClN3O9/c1-3-17-52-40(48)44-30-22-34(33(49-2)20-28(30)38(47)42-16-8-6-13-29(42)39(44)53-36-15-7-9-18-51-36)50-19-10-14-35(46)43-24-25(23-41)37-27-12-5-4-11-26(27)32(45)21-31(37)43/h3-5,11-12,20-22,25,29,36,39,45H,1,6-10,13-19,23-24H2,2H3/t25-,29+,36?,39+/m1/s1. The van der Waals surface area contributed by atoms with Gasteiger partial charge < -0.3 is 38.6 Å². The Labute approximate surface area is 314 Å². The highest BCUT2D eigenvalue weighted by atomic mass is 35.5. The van der Waals surface area contributed by atoms with E-state index in [-0.39, 0.29) is 54.4 Å². The minimum absolute atomic E-state index is 0.0316. The summed E-state index contributed by atoms with van der Waals surface area (Å²) in [5.74, 6) is 0.639. The van der Waals surface area contributed by atoms with Gasteiger partial charge in [-0.25, -0.2) is 9.69 Å². The molecule has 0 aromatic heterocycles. The van der Waals surface area contributed by atoms with E-state index in [1.165, 1.54) is 18.1 Å². The molecule has 0 aliphatic carbocycles. The fraction of sp³-hybridized carbons (Fsp3) is 0.475. The molecule has 4 atom stereocenters. The number of carbonyl (C=O) groups excluding carboxylic acids is 3. The predicted octanol–water partition coefficient (Wildman–Crippen LogP) is 7.09. The Kier molecular flexibility index (Phi) is 11.3. The summed E-state index contributed by atoms with van der Waals surface area (Å²) in [7, 11) is 1.49. The van der Waals surface area contributed by atoms with E-state index in [0.717, 1.165) is 42.0 Å². The normalized spacial score (nSPS) is 22.5. The summed E-state index contributed by atoms with van der Waals surface area (Å²) in [6.07, 6.45) is 4.77. The lowest BCUT2D eigenvalue weighted by atomic mass is 9.95. The van der Waals surface area contributed by atoms with Gasteiger partial charge in [0.15, 0.2) is 24.0 Å². The highest BCUT2D eigenvalue weighted by Gasteiger charge is 2.47. The van der Waals surface area contributed by atoms with Crippen molar-refractivity contribution in [2.75, 3.05) is 55.7 Å². The molecule has 7 rings (SSSR count). The van der Waals surface area contributed by atoms with Crippen LogP contribution in [0.25, 0.3) is 10.8 Å². The molecular formula is C40H46ClN3O9. The number of aromatic hydroxyl groups is 1. The second-order valence-corrected chi connectivity index (χ2v) is 14.1. The lowest BCUT2D eigenvalue weighted by molar-refractivity contribution is -0.198. The number of nitrogens with zero attached hydrogens (tertiary/aromatic N) is 3. The number of anilines is 2. The van der Waals surface area contributed by atoms with Gasteiger partial charge in [0, 0.05) is 55.4 Å². The zero-order valence-electron chi connectivity index (χ0n) is 30.0. The van der Waals surface area contributed by atoms with Crippen LogP contribution in [0, 0.1) is 0 Å². The van der Waals surface area contributed by atoms with Gasteiger partial charge >= 0.3 is 6.09 Å². The summed E-state index contributed by atoms with van der Waals surface area (Å²) >= 11 is 6.38. The van der Waals surface area contributed by atoms with Crippen LogP contribution in [-0.4, -0.2) is 92.4 Å². The fourth-order valence-corrected chi connectivity index (χ4v) is 8.27. The van der Waals surface area contributed by atoms with Crippen LogP contribution in [0.5, 0.6) is 17.2 Å². The molecule has 0 bridgehead atoms. The summed E-state index contributed by atoms with van der Waals surface area (Å²) in [4.78, 5) is 46.7. The van der Waals surface area contributed by atoms with Crippen molar-refractivity contribution >= 4 is 51.7 Å². The number of hydrogen-bond acceptors (Lipinski definition) is 9. The zero-order chi connectivity index (χ0) is 37.1. The lowest BCUT2D eigenvalue weighted by Gasteiger charge is -2.42. The molecule has 1 N–H and O–H groups in total. The van der Waals surface area contributed by atoms with E-state index in [1.807, 2.05) is 24.3 Å². The Balaban J connectivity index is 1.14. The topological polar surface area (TPSA) is 127 Å². The van der Waals surface area contributed by atoms with Gasteiger partial charge in [-0.1, -0.05) is 36.9 Å². The Morgan fingerprint density at radius 3 is 2.62 bits per heavy atom. The van der Waals surface area contributed by atoms with E-state index in [1.54, 1.807) is 28.0 Å². The van der Waals surface area contributed by atoms with Gasteiger partial charge in [0.05, 0.1) is 36.7 Å². The Bertz CT molecular complexity index is 1860. The Morgan fingerprint density at radius 2 is 1.87 bits per heavy atom. The maximum Gasteiger partial charge on any atom is 0.416 e. The third-order valence-electron chi connectivity index (χ3n) is 10.5. The molecule has 4 heterocycles. The zero-order valence-corrected chi connectivity index (χ0v) is 30.7. The fourth-order valence-electron chi connectivity index (χ4n) is 8.02.